The predicted octanol–water partition coefficient (Wildman–Crippen LogP) is 1.80. The van der Waals surface area contributed by atoms with Crippen molar-refractivity contribution in [3.63, 3.8) is 0 Å². The molecule has 1 rings (SSSR count). The predicted molar refractivity (Wildman–Crippen MR) is 61.7 cm³/mol. The van der Waals surface area contributed by atoms with Gasteiger partial charge in [0.1, 0.15) is 0 Å². The molecule has 0 spiro atoms. The minimum absolute atomic E-state index is 0.106. The molecule has 0 fully saturated rings. The summed E-state index contributed by atoms with van der Waals surface area (Å²) in [7, 11) is 0. The summed E-state index contributed by atoms with van der Waals surface area (Å²) < 4.78 is 1.47. The Morgan fingerprint density at radius 3 is 2.73 bits per heavy atom. The van der Waals surface area contributed by atoms with Crippen molar-refractivity contribution in [1.82, 2.24) is 9.78 Å². The maximum Gasteiger partial charge on any atom is 0.268 e. The minimum Gasteiger partial charge on any atom is -0.397 e. The quantitative estimate of drug-likeness (QED) is 0.727. The second kappa shape index (κ2) is 6.22. The Labute approximate surface area is 90.1 Å². The molecule has 4 nitrogen and oxygen atoms in total. The molecule has 0 saturated heterocycles. The van der Waals surface area contributed by atoms with Crippen LogP contribution in [-0.4, -0.2) is 9.78 Å². The van der Waals surface area contributed by atoms with E-state index in [0.717, 1.165) is 12.8 Å². The molecule has 0 unspecified atom stereocenters. The first-order chi connectivity index (χ1) is 7.24. The number of unbranched alkanes of at least 4 members (excludes halogenated alkanes) is 4. The van der Waals surface area contributed by atoms with Gasteiger partial charge in [-0.15, -0.1) is 0 Å². The third-order valence-corrected chi connectivity index (χ3v) is 2.36. The molecule has 0 radical (unpaired) electrons. The molecular weight excluding hydrogens is 190 g/mol. The minimum atomic E-state index is -0.106. The van der Waals surface area contributed by atoms with Crippen LogP contribution in [0.15, 0.2) is 17.1 Å². The van der Waals surface area contributed by atoms with Crippen LogP contribution in [0.25, 0.3) is 0 Å². The highest BCUT2D eigenvalue weighted by atomic mass is 16.1. The second-order valence-electron chi connectivity index (χ2n) is 3.76. The van der Waals surface area contributed by atoms with Crippen LogP contribution >= 0.6 is 0 Å². The fraction of sp³-hybridized carbons (Fsp3) is 0.636. The van der Waals surface area contributed by atoms with Gasteiger partial charge in [0.05, 0.1) is 11.9 Å². The lowest BCUT2D eigenvalue weighted by atomic mass is 10.1. The zero-order valence-electron chi connectivity index (χ0n) is 9.28. The number of hydrogen-bond donors (Lipinski definition) is 1. The Hall–Kier alpha value is -1.32. The molecule has 0 atom stereocenters. The first-order valence-electron chi connectivity index (χ1n) is 5.56. The summed E-state index contributed by atoms with van der Waals surface area (Å²) in [4.78, 5) is 11.4. The van der Waals surface area contributed by atoms with E-state index in [1.165, 1.54) is 36.2 Å². The molecule has 0 bridgehead atoms. The maximum absolute atomic E-state index is 11.4. The molecule has 1 aromatic rings. The molecule has 0 amide bonds. The van der Waals surface area contributed by atoms with Crippen LogP contribution in [0.1, 0.15) is 39.0 Å². The molecule has 0 aliphatic rings. The first kappa shape index (κ1) is 11.8. The molecule has 0 aliphatic heterocycles. The monoisotopic (exact) mass is 209 g/mol. The summed E-state index contributed by atoms with van der Waals surface area (Å²) in [6.07, 6.45) is 7.43. The van der Waals surface area contributed by atoms with Crippen molar-refractivity contribution in [2.24, 2.45) is 0 Å². The maximum atomic E-state index is 11.4. The summed E-state index contributed by atoms with van der Waals surface area (Å²) in [6.45, 7) is 2.88. The fourth-order valence-electron chi connectivity index (χ4n) is 1.48. The summed E-state index contributed by atoms with van der Waals surface area (Å²) >= 11 is 0. The second-order valence-corrected chi connectivity index (χ2v) is 3.76. The van der Waals surface area contributed by atoms with Crippen molar-refractivity contribution >= 4 is 5.69 Å². The van der Waals surface area contributed by atoms with E-state index < -0.39 is 0 Å². The molecule has 4 heteroatoms. The van der Waals surface area contributed by atoms with E-state index >= 15 is 0 Å². The molecular formula is C11H19N3O. The van der Waals surface area contributed by atoms with Crippen LogP contribution < -0.4 is 11.3 Å². The van der Waals surface area contributed by atoms with Crippen LogP contribution in [0.2, 0.25) is 0 Å². The average Bonchev–Trinajstić information content (AvgIpc) is 2.20. The number of rotatable bonds is 6. The lowest BCUT2D eigenvalue weighted by molar-refractivity contribution is 0.514. The van der Waals surface area contributed by atoms with Gasteiger partial charge in [-0.1, -0.05) is 32.6 Å². The molecule has 0 aromatic carbocycles. The van der Waals surface area contributed by atoms with E-state index in [0.29, 0.717) is 12.2 Å². The van der Waals surface area contributed by atoms with Gasteiger partial charge in [0.2, 0.25) is 0 Å². The summed E-state index contributed by atoms with van der Waals surface area (Å²) in [5.74, 6) is 0. The first-order valence-corrected chi connectivity index (χ1v) is 5.56. The third-order valence-electron chi connectivity index (χ3n) is 2.36. The van der Waals surface area contributed by atoms with Crippen LogP contribution in [0.4, 0.5) is 5.69 Å². The fourth-order valence-corrected chi connectivity index (χ4v) is 1.48. The topological polar surface area (TPSA) is 60.9 Å². The van der Waals surface area contributed by atoms with Crippen molar-refractivity contribution < 1.29 is 0 Å². The van der Waals surface area contributed by atoms with E-state index in [1.54, 1.807) is 0 Å². The Bertz CT molecular complexity index is 346. The third kappa shape index (κ3) is 4.14. The highest BCUT2D eigenvalue weighted by Crippen LogP contribution is 2.03. The van der Waals surface area contributed by atoms with E-state index in [1.807, 2.05) is 0 Å². The van der Waals surface area contributed by atoms with Crippen LogP contribution in [0.5, 0.6) is 0 Å². The zero-order valence-corrected chi connectivity index (χ0v) is 9.28. The van der Waals surface area contributed by atoms with Gasteiger partial charge in [-0.05, 0) is 6.42 Å². The van der Waals surface area contributed by atoms with Crippen LogP contribution in [0.3, 0.4) is 0 Å². The van der Waals surface area contributed by atoms with E-state index in [-0.39, 0.29) is 5.56 Å². The van der Waals surface area contributed by atoms with Crippen molar-refractivity contribution in [3.05, 3.63) is 22.6 Å². The number of hydrogen-bond acceptors (Lipinski definition) is 3. The number of nitrogens with zero attached hydrogens (tertiary/aromatic N) is 2. The van der Waals surface area contributed by atoms with E-state index in [4.69, 9.17) is 5.73 Å². The van der Waals surface area contributed by atoms with Gasteiger partial charge in [-0.2, -0.15) is 5.10 Å². The Kier molecular flexibility index (Phi) is 4.87. The van der Waals surface area contributed by atoms with Crippen molar-refractivity contribution in [2.75, 3.05) is 5.73 Å². The standard InChI is InChI=1S/C11H19N3O/c1-2-3-4-5-6-7-14-11(15)8-10(12)9-13-14/h8-9H,2-7,12H2,1H3. The lowest BCUT2D eigenvalue weighted by Gasteiger charge is -2.03. The molecule has 1 heterocycles. The average molecular weight is 209 g/mol. The smallest absolute Gasteiger partial charge is 0.268 e. The Balaban J connectivity index is 2.34. The number of aromatic nitrogens is 2. The number of nitrogen functional groups attached to an aromatic ring is 1. The Morgan fingerprint density at radius 2 is 2.07 bits per heavy atom. The zero-order chi connectivity index (χ0) is 11.1. The SMILES string of the molecule is CCCCCCCn1ncc(N)cc1=O. The van der Waals surface area contributed by atoms with Gasteiger partial charge in [-0.25, -0.2) is 4.68 Å². The summed E-state index contributed by atoms with van der Waals surface area (Å²) in [5.41, 5.74) is 5.77. The van der Waals surface area contributed by atoms with Crippen LogP contribution in [-0.2, 0) is 6.54 Å². The molecule has 0 aliphatic carbocycles. The molecule has 2 N–H and O–H groups in total. The molecule has 0 saturated carbocycles. The highest BCUT2D eigenvalue weighted by Gasteiger charge is 1.97. The van der Waals surface area contributed by atoms with E-state index in [2.05, 4.69) is 12.0 Å². The van der Waals surface area contributed by atoms with Gasteiger partial charge in [0.25, 0.3) is 5.56 Å². The van der Waals surface area contributed by atoms with E-state index in [9.17, 15) is 4.79 Å². The Morgan fingerprint density at radius 1 is 1.33 bits per heavy atom. The highest BCUT2D eigenvalue weighted by molar-refractivity contribution is 5.31. The summed E-state index contributed by atoms with van der Waals surface area (Å²) in [5, 5.41) is 3.97. The number of aryl methyl sites for hydroxylation is 1. The number of anilines is 1. The van der Waals surface area contributed by atoms with Crippen molar-refractivity contribution in [3.8, 4) is 0 Å². The van der Waals surface area contributed by atoms with Crippen molar-refractivity contribution in [1.29, 1.82) is 0 Å². The van der Waals surface area contributed by atoms with Gasteiger partial charge < -0.3 is 5.73 Å². The number of nitrogens with two attached hydrogens (primary N) is 1. The molecule has 1 aromatic heterocycles. The lowest BCUT2D eigenvalue weighted by Crippen LogP contribution is -2.22. The summed E-state index contributed by atoms with van der Waals surface area (Å²) in [6, 6.07) is 1.42. The van der Waals surface area contributed by atoms with Gasteiger partial charge >= 0.3 is 0 Å². The van der Waals surface area contributed by atoms with Gasteiger partial charge in [-0.3, -0.25) is 4.79 Å². The molecule has 84 valence electrons. The normalized spacial score (nSPS) is 10.5. The van der Waals surface area contributed by atoms with Crippen LogP contribution in [0, 0.1) is 0 Å². The molecule has 15 heavy (non-hydrogen) atoms. The van der Waals surface area contributed by atoms with Gasteiger partial charge in [0.15, 0.2) is 0 Å². The largest absolute Gasteiger partial charge is 0.397 e. The van der Waals surface area contributed by atoms with Crippen molar-refractivity contribution in [2.45, 2.75) is 45.6 Å². The van der Waals surface area contributed by atoms with Gasteiger partial charge in [0, 0.05) is 12.6 Å².